The third kappa shape index (κ3) is 4.01. The quantitative estimate of drug-likeness (QED) is 0.622. The highest BCUT2D eigenvalue weighted by Gasteiger charge is 2.42. The van der Waals surface area contributed by atoms with Gasteiger partial charge < -0.3 is 15.4 Å². The average Bonchev–Trinajstić information content (AvgIpc) is 3.30. The van der Waals surface area contributed by atoms with Crippen LogP contribution in [0.3, 0.4) is 0 Å². The van der Waals surface area contributed by atoms with E-state index in [0.717, 1.165) is 17.0 Å². The van der Waals surface area contributed by atoms with Crippen LogP contribution >= 0.6 is 11.3 Å². The molecule has 1 aliphatic heterocycles. The fraction of sp³-hybridized carbons (Fsp3) is 0.450. The Kier molecular flexibility index (Phi) is 5.70. The number of carbonyl (C=O) groups is 1. The first kappa shape index (κ1) is 20.7. The van der Waals surface area contributed by atoms with Gasteiger partial charge in [0, 0.05) is 31.9 Å². The minimum Gasteiger partial charge on any atom is -0.488 e. The molecule has 30 heavy (non-hydrogen) atoms. The van der Waals surface area contributed by atoms with Gasteiger partial charge in [0.1, 0.15) is 24.1 Å². The first-order valence-electron chi connectivity index (χ1n) is 9.79. The molecule has 3 aromatic rings. The number of halogens is 2. The van der Waals surface area contributed by atoms with Crippen LogP contribution in [-0.2, 0) is 20.1 Å². The number of hydrogen-bond acceptors (Lipinski definition) is 6. The summed E-state index contributed by atoms with van der Waals surface area (Å²) in [5.41, 5.74) is 3.61. The van der Waals surface area contributed by atoms with E-state index < -0.39 is 17.9 Å². The highest BCUT2D eigenvalue weighted by molar-refractivity contribution is 7.09. The molecule has 1 aromatic carbocycles. The van der Waals surface area contributed by atoms with Crippen LogP contribution in [0.25, 0.3) is 10.9 Å². The van der Waals surface area contributed by atoms with E-state index in [1.807, 2.05) is 6.92 Å². The number of hydrogen-bond donors (Lipinski definition) is 2. The zero-order valence-electron chi connectivity index (χ0n) is 16.7. The number of ether oxygens (including phenoxy) is 1. The third-order valence-electron chi connectivity index (χ3n) is 5.25. The van der Waals surface area contributed by atoms with Crippen molar-refractivity contribution in [2.75, 3.05) is 13.1 Å². The maximum Gasteiger partial charge on any atom is 0.270 e. The topological polar surface area (TPSA) is 81.1 Å². The molecule has 0 bridgehead atoms. The highest BCUT2D eigenvalue weighted by Crippen LogP contribution is 2.28. The van der Waals surface area contributed by atoms with Crippen molar-refractivity contribution in [1.82, 2.24) is 25.4 Å². The van der Waals surface area contributed by atoms with Gasteiger partial charge in [-0.2, -0.15) is 5.10 Å². The molecule has 1 amide bonds. The summed E-state index contributed by atoms with van der Waals surface area (Å²) in [5, 5.41) is 10.3. The summed E-state index contributed by atoms with van der Waals surface area (Å²) in [4.78, 5) is 18.2. The van der Waals surface area contributed by atoms with E-state index in [2.05, 4.69) is 20.7 Å². The number of nitrogens with zero attached hydrogens (tertiary/aromatic N) is 3. The van der Waals surface area contributed by atoms with E-state index in [-0.39, 0.29) is 25.2 Å². The molecule has 0 spiro atoms. The molecule has 1 aliphatic rings. The molecule has 0 saturated carbocycles. The van der Waals surface area contributed by atoms with Gasteiger partial charge in [0.25, 0.3) is 11.8 Å². The fourth-order valence-corrected chi connectivity index (χ4v) is 4.36. The first-order valence-corrected chi connectivity index (χ1v) is 10.7. The second kappa shape index (κ2) is 8.27. The Labute approximate surface area is 176 Å². The van der Waals surface area contributed by atoms with Gasteiger partial charge in [-0.3, -0.25) is 9.48 Å². The zero-order chi connectivity index (χ0) is 21.3. The van der Waals surface area contributed by atoms with E-state index >= 15 is 0 Å². The Morgan fingerprint density at radius 1 is 1.47 bits per heavy atom. The summed E-state index contributed by atoms with van der Waals surface area (Å²) in [6.07, 6.45) is 0.522. The summed E-state index contributed by atoms with van der Waals surface area (Å²) in [6.45, 7) is 2.67. The van der Waals surface area contributed by atoms with Crippen LogP contribution in [0.1, 0.15) is 34.4 Å². The lowest BCUT2D eigenvalue weighted by molar-refractivity contribution is -0.0543. The van der Waals surface area contributed by atoms with E-state index in [0.29, 0.717) is 23.3 Å². The lowest BCUT2D eigenvalue weighted by atomic mass is 10.0. The highest BCUT2D eigenvalue weighted by atomic mass is 32.1. The standard InChI is InChI=1S/C20H23F2N5O2S/c1-3-14-16(30-11-24-14)10-29-12-4-5-15-13(8-12)18(27(2)26-15)19(28)25-17-9-23-7-6-20(17,21)22/h4-5,8,11,17,23H,3,6-7,9-10H2,1-2H3,(H,25,28). The fourth-order valence-electron chi connectivity index (χ4n) is 3.59. The lowest BCUT2D eigenvalue weighted by Crippen LogP contribution is -2.57. The number of rotatable bonds is 6. The molecule has 1 unspecified atom stereocenters. The third-order valence-corrected chi connectivity index (χ3v) is 6.10. The van der Waals surface area contributed by atoms with Gasteiger partial charge in [-0.25, -0.2) is 13.8 Å². The SMILES string of the molecule is CCc1ncsc1COc1ccc2nn(C)c(C(=O)NC3CNCCC3(F)F)c2c1. The number of nitrogens with one attached hydrogen (secondary N) is 2. The number of benzene rings is 1. The first-order chi connectivity index (χ1) is 14.4. The normalized spacial score (nSPS) is 18.5. The minimum atomic E-state index is -2.95. The molecule has 0 radical (unpaired) electrons. The van der Waals surface area contributed by atoms with Gasteiger partial charge in [0.2, 0.25) is 0 Å². The summed E-state index contributed by atoms with van der Waals surface area (Å²) in [7, 11) is 1.62. The predicted octanol–water partition coefficient (Wildman–Crippen LogP) is 2.90. The Bertz CT molecular complexity index is 1060. The van der Waals surface area contributed by atoms with Crippen molar-refractivity contribution in [3.05, 3.63) is 40.0 Å². The molecule has 1 fully saturated rings. The zero-order valence-corrected chi connectivity index (χ0v) is 17.6. The van der Waals surface area contributed by atoms with Gasteiger partial charge >= 0.3 is 0 Å². The summed E-state index contributed by atoms with van der Waals surface area (Å²) >= 11 is 1.53. The van der Waals surface area contributed by atoms with Crippen molar-refractivity contribution in [1.29, 1.82) is 0 Å². The van der Waals surface area contributed by atoms with E-state index in [1.165, 1.54) is 16.0 Å². The van der Waals surface area contributed by atoms with Gasteiger partial charge in [0.05, 0.1) is 21.6 Å². The van der Waals surface area contributed by atoms with Gasteiger partial charge in [0.15, 0.2) is 0 Å². The molecular formula is C20H23F2N5O2S. The summed E-state index contributed by atoms with van der Waals surface area (Å²) in [6, 6.07) is 4.00. The molecule has 0 aliphatic carbocycles. The molecule has 2 N–H and O–H groups in total. The van der Waals surface area contributed by atoms with E-state index in [4.69, 9.17) is 4.74 Å². The van der Waals surface area contributed by atoms with Crippen molar-refractivity contribution >= 4 is 28.1 Å². The molecule has 10 heteroatoms. The number of aryl methyl sites for hydroxylation is 2. The number of amides is 1. The van der Waals surface area contributed by atoms with Gasteiger partial charge in [-0.1, -0.05) is 6.92 Å². The minimum absolute atomic E-state index is 0.0253. The van der Waals surface area contributed by atoms with E-state index in [1.54, 1.807) is 30.8 Å². The van der Waals surface area contributed by atoms with Crippen LogP contribution in [-0.4, -0.2) is 45.7 Å². The van der Waals surface area contributed by atoms with Crippen LogP contribution in [0.15, 0.2) is 23.7 Å². The number of thiazole rings is 1. The van der Waals surface area contributed by atoms with Crippen LogP contribution < -0.4 is 15.4 Å². The largest absolute Gasteiger partial charge is 0.488 e. The molecule has 3 heterocycles. The maximum absolute atomic E-state index is 14.1. The van der Waals surface area contributed by atoms with Crippen LogP contribution in [0.5, 0.6) is 5.75 Å². The number of fused-ring (bicyclic) bond motifs is 1. The van der Waals surface area contributed by atoms with Gasteiger partial charge in [-0.15, -0.1) is 11.3 Å². The molecule has 1 saturated heterocycles. The second-order valence-corrected chi connectivity index (χ2v) is 8.20. The van der Waals surface area contributed by atoms with Crippen molar-refractivity contribution < 1.29 is 18.3 Å². The predicted molar refractivity (Wildman–Crippen MR) is 110 cm³/mol. The average molecular weight is 436 g/mol. The molecule has 1 atom stereocenters. The molecule has 7 nitrogen and oxygen atoms in total. The summed E-state index contributed by atoms with van der Waals surface area (Å²) < 4.78 is 35.6. The van der Waals surface area contributed by atoms with Crippen molar-refractivity contribution in [3.63, 3.8) is 0 Å². The maximum atomic E-state index is 14.1. The second-order valence-electron chi connectivity index (χ2n) is 7.26. The number of alkyl halides is 2. The van der Waals surface area contributed by atoms with Crippen LogP contribution in [0.4, 0.5) is 8.78 Å². The van der Waals surface area contributed by atoms with Crippen molar-refractivity contribution in [3.8, 4) is 5.75 Å². The number of carbonyl (C=O) groups excluding carboxylic acids is 1. The smallest absolute Gasteiger partial charge is 0.270 e. The Morgan fingerprint density at radius 3 is 3.07 bits per heavy atom. The summed E-state index contributed by atoms with van der Waals surface area (Å²) in [5.74, 6) is -2.96. The Balaban J connectivity index is 1.56. The van der Waals surface area contributed by atoms with Crippen molar-refractivity contribution in [2.45, 2.75) is 38.3 Å². The molecule has 2 aromatic heterocycles. The lowest BCUT2D eigenvalue weighted by Gasteiger charge is -2.32. The molecular weight excluding hydrogens is 412 g/mol. The molecule has 160 valence electrons. The van der Waals surface area contributed by atoms with Gasteiger partial charge in [-0.05, 0) is 24.6 Å². The number of aromatic nitrogens is 3. The van der Waals surface area contributed by atoms with Crippen LogP contribution in [0.2, 0.25) is 0 Å². The Hall–Kier alpha value is -2.59. The number of piperidine rings is 1. The van der Waals surface area contributed by atoms with E-state index in [9.17, 15) is 13.6 Å². The van der Waals surface area contributed by atoms with Crippen LogP contribution in [0, 0.1) is 0 Å². The molecule has 4 rings (SSSR count). The monoisotopic (exact) mass is 435 g/mol. The van der Waals surface area contributed by atoms with Crippen molar-refractivity contribution in [2.24, 2.45) is 7.05 Å². The Morgan fingerprint density at radius 2 is 2.30 bits per heavy atom.